The fourth-order valence-corrected chi connectivity index (χ4v) is 4.64. The molecular formula is C22H20BrNO. The summed E-state index contributed by atoms with van der Waals surface area (Å²) in [6, 6.07) is 23.3. The molecule has 2 nitrogen and oxygen atoms in total. The molecule has 3 aromatic carbocycles. The largest absolute Gasteiger partial charge is 0.497 e. The molecule has 0 saturated heterocycles. The van der Waals surface area contributed by atoms with Crippen molar-refractivity contribution < 1.29 is 4.74 Å². The minimum Gasteiger partial charge on any atom is -0.497 e. The van der Waals surface area contributed by atoms with Crippen LogP contribution in [0, 0.1) is 0 Å². The van der Waals surface area contributed by atoms with Crippen molar-refractivity contribution in [2.75, 3.05) is 12.0 Å². The summed E-state index contributed by atoms with van der Waals surface area (Å²) in [4.78, 5) is 2.33. The maximum Gasteiger partial charge on any atom is 0.119 e. The van der Waals surface area contributed by atoms with Crippen LogP contribution in [0.25, 0.3) is 0 Å². The van der Waals surface area contributed by atoms with Crippen molar-refractivity contribution in [1.82, 2.24) is 0 Å². The Bertz CT molecular complexity index is 931. The number of halogens is 1. The summed E-state index contributed by atoms with van der Waals surface area (Å²) in [5.41, 5.74) is 6.12. The van der Waals surface area contributed by atoms with Gasteiger partial charge in [-0.15, -0.1) is 0 Å². The molecule has 0 saturated carbocycles. The fourth-order valence-electron chi connectivity index (χ4n) is 3.79. The van der Waals surface area contributed by atoms with Crippen LogP contribution in [0.3, 0.4) is 0 Å². The molecule has 0 unspecified atom stereocenters. The van der Waals surface area contributed by atoms with Gasteiger partial charge in [0.25, 0.3) is 0 Å². The van der Waals surface area contributed by atoms with Crippen molar-refractivity contribution in [2.24, 2.45) is 0 Å². The lowest BCUT2D eigenvalue weighted by molar-refractivity contribution is 0.415. The number of hydrogen-bond donors (Lipinski definition) is 0. The van der Waals surface area contributed by atoms with Crippen LogP contribution in [0.4, 0.5) is 17.1 Å². The summed E-state index contributed by atoms with van der Waals surface area (Å²) in [6.07, 6.45) is 0. The predicted molar refractivity (Wildman–Crippen MR) is 108 cm³/mol. The molecule has 0 N–H and O–H groups in total. The van der Waals surface area contributed by atoms with E-state index in [-0.39, 0.29) is 5.41 Å². The van der Waals surface area contributed by atoms with Gasteiger partial charge in [-0.2, -0.15) is 0 Å². The standard InChI is InChI=1S/C22H20BrNO/c1-22(2)17-7-4-5-9-19(17)24(15-11-13-16(25-3)14-12-15)20-10-6-8-18(23)21(20)22/h4-14H,1-3H3. The van der Waals surface area contributed by atoms with E-state index in [0.29, 0.717) is 0 Å². The van der Waals surface area contributed by atoms with Crippen LogP contribution >= 0.6 is 15.9 Å². The number of hydrogen-bond acceptors (Lipinski definition) is 2. The maximum absolute atomic E-state index is 5.32. The molecule has 0 bridgehead atoms. The molecule has 0 aromatic heterocycles. The van der Waals surface area contributed by atoms with E-state index in [1.807, 2.05) is 12.1 Å². The Morgan fingerprint density at radius 1 is 0.840 bits per heavy atom. The molecule has 0 radical (unpaired) electrons. The molecule has 0 fully saturated rings. The minimum atomic E-state index is -0.0744. The van der Waals surface area contributed by atoms with Gasteiger partial charge in [0.2, 0.25) is 0 Å². The predicted octanol–water partition coefficient (Wildman–Crippen LogP) is 6.57. The monoisotopic (exact) mass is 393 g/mol. The smallest absolute Gasteiger partial charge is 0.119 e. The Morgan fingerprint density at radius 3 is 2.24 bits per heavy atom. The molecule has 1 aliphatic rings. The first-order valence-corrected chi connectivity index (χ1v) is 9.16. The highest BCUT2D eigenvalue weighted by molar-refractivity contribution is 9.10. The fraction of sp³-hybridized carbons (Fsp3) is 0.182. The highest BCUT2D eigenvalue weighted by Gasteiger charge is 2.37. The van der Waals surface area contributed by atoms with Crippen LogP contribution in [0.2, 0.25) is 0 Å². The number of ether oxygens (including phenoxy) is 1. The lowest BCUT2D eigenvalue weighted by Crippen LogP contribution is -2.31. The van der Waals surface area contributed by atoms with Gasteiger partial charge in [0.15, 0.2) is 0 Å². The lowest BCUT2D eigenvalue weighted by Gasteiger charge is -2.42. The van der Waals surface area contributed by atoms with Gasteiger partial charge >= 0.3 is 0 Å². The van der Waals surface area contributed by atoms with Crippen molar-refractivity contribution in [3.05, 3.63) is 82.3 Å². The third-order valence-electron chi connectivity index (χ3n) is 5.01. The van der Waals surface area contributed by atoms with Gasteiger partial charge in [-0.05, 0) is 48.0 Å². The Labute approximate surface area is 157 Å². The second-order valence-corrected chi connectivity index (χ2v) is 7.66. The van der Waals surface area contributed by atoms with Crippen molar-refractivity contribution in [3.8, 4) is 5.75 Å². The van der Waals surface area contributed by atoms with E-state index in [1.165, 1.54) is 22.5 Å². The normalized spacial score (nSPS) is 14.6. The van der Waals surface area contributed by atoms with Crippen LogP contribution < -0.4 is 9.64 Å². The van der Waals surface area contributed by atoms with E-state index >= 15 is 0 Å². The summed E-state index contributed by atoms with van der Waals surface area (Å²) in [7, 11) is 1.69. The van der Waals surface area contributed by atoms with Crippen LogP contribution in [-0.2, 0) is 5.41 Å². The zero-order chi connectivity index (χ0) is 17.6. The highest BCUT2D eigenvalue weighted by atomic mass is 79.9. The van der Waals surface area contributed by atoms with E-state index < -0.39 is 0 Å². The van der Waals surface area contributed by atoms with Gasteiger partial charge in [-0.1, -0.05) is 54.0 Å². The molecule has 1 aliphatic heterocycles. The molecule has 0 aliphatic carbocycles. The maximum atomic E-state index is 5.32. The third-order valence-corrected chi connectivity index (χ3v) is 5.67. The number of para-hydroxylation sites is 1. The Morgan fingerprint density at radius 2 is 1.52 bits per heavy atom. The second kappa shape index (κ2) is 5.92. The highest BCUT2D eigenvalue weighted by Crippen LogP contribution is 2.53. The van der Waals surface area contributed by atoms with Crippen molar-refractivity contribution in [2.45, 2.75) is 19.3 Å². The van der Waals surface area contributed by atoms with E-state index in [4.69, 9.17) is 4.74 Å². The van der Waals surface area contributed by atoms with Crippen LogP contribution in [0.5, 0.6) is 5.75 Å². The van der Waals surface area contributed by atoms with Gasteiger partial charge in [0.1, 0.15) is 5.75 Å². The number of fused-ring (bicyclic) bond motifs is 2. The van der Waals surface area contributed by atoms with Crippen molar-refractivity contribution in [3.63, 3.8) is 0 Å². The molecule has 0 atom stereocenters. The Hall–Kier alpha value is -2.26. The molecule has 0 amide bonds. The van der Waals surface area contributed by atoms with E-state index in [0.717, 1.165) is 15.9 Å². The number of nitrogens with zero attached hydrogens (tertiary/aromatic N) is 1. The van der Waals surface area contributed by atoms with Gasteiger partial charge in [0, 0.05) is 21.1 Å². The van der Waals surface area contributed by atoms with E-state index in [1.54, 1.807) is 7.11 Å². The summed E-state index contributed by atoms with van der Waals surface area (Å²) >= 11 is 3.79. The summed E-state index contributed by atoms with van der Waals surface area (Å²) in [5.74, 6) is 0.865. The number of rotatable bonds is 2. The second-order valence-electron chi connectivity index (χ2n) is 6.81. The number of benzene rings is 3. The zero-order valence-corrected chi connectivity index (χ0v) is 16.2. The van der Waals surface area contributed by atoms with Gasteiger partial charge in [-0.3, -0.25) is 0 Å². The summed E-state index contributed by atoms with van der Waals surface area (Å²) in [6.45, 7) is 4.58. The average molecular weight is 394 g/mol. The van der Waals surface area contributed by atoms with Crippen molar-refractivity contribution in [1.29, 1.82) is 0 Å². The van der Waals surface area contributed by atoms with Crippen LogP contribution in [0.15, 0.2) is 71.2 Å². The molecule has 126 valence electrons. The van der Waals surface area contributed by atoms with Gasteiger partial charge < -0.3 is 9.64 Å². The minimum absolute atomic E-state index is 0.0744. The topological polar surface area (TPSA) is 12.5 Å². The third kappa shape index (κ3) is 2.46. The molecular weight excluding hydrogens is 374 g/mol. The number of anilines is 3. The van der Waals surface area contributed by atoms with Crippen LogP contribution in [-0.4, -0.2) is 7.11 Å². The van der Waals surface area contributed by atoms with Crippen molar-refractivity contribution >= 4 is 33.0 Å². The van der Waals surface area contributed by atoms with E-state index in [2.05, 4.69) is 89.3 Å². The first-order chi connectivity index (χ1) is 12.0. The molecule has 3 heteroatoms. The molecule has 0 spiro atoms. The molecule has 4 rings (SSSR count). The zero-order valence-electron chi connectivity index (χ0n) is 14.6. The SMILES string of the molecule is COc1ccc(N2c3ccccc3C(C)(C)c3c(Br)cccc32)cc1. The first kappa shape index (κ1) is 16.2. The molecule has 3 aromatic rings. The Balaban J connectivity index is 2.01. The molecule has 25 heavy (non-hydrogen) atoms. The average Bonchev–Trinajstić information content (AvgIpc) is 2.62. The quantitative estimate of drug-likeness (QED) is 0.488. The van der Waals surface area contributed by atoms with Gasteiger partial charge in [0.05, 0.1) is 18.5 Å². The summed E-state index contributed by atoms with van der Waals surface area (Å²) < 4.78 is 6.46. The number of methoxy groups -OCH3 is 1. The molecule has 1 heterocycles. The lowest BCUT2D eigenvalue weighted by atomic mass is 9.73. The first-order valence-electron chi connectivity index (χ1n) is 8.36. The van der Waals surface area contributed by atoms with Gasteiger partial charge in [-0.25, -0.2) is 0 Å². The van der Waals surface area contributed by atoms with Crippen LogP contribution in [0.1, 0.15) is 25.0 Å². The summed E-state index contributed by atoms with van der Waals surface area (Å²) in [5, 5.41) is 0. The van der Waals surface area contributed by atoms with E-state index in [9.17, 15) is 0 Å². The Kier molecular flexibility index (Phi) is 3.84.